The molecular weight excluding hydrogens is 200 g/mol. The molecule has 0 fully saturated rings. The van der Waals surface area contributed by atoms with Crippen molar-refractivity contribution in [2.45, 2.75) is 52.6 Å². The second-order valence-corrected chi connectivity index (χ2v) is 5.77. The second kappa shape index (κ2) is 8.04. The predicted octanol–water partition coefficient (Wildman–Crippen LogP) is 1.84. The van der Waals surface area contributed by atoms with Gasteiger partial charge in [-0.05, 0) is 51.7 Å². The van der Waals surface area contributed by atoms with Crippen LogP contribution < -0.4 is 5.73 Å². The molecular formula is C13H30N2O. The van der Waals surface area contributed by atoms with E-state index in [9.17, 15) is 5.11 Å². The number of unbranched alkanes of at least 4 members (excludes halogenated alkanes) is 1. The van der Waals surface area contributed by atoms with Crippen molar-refractivity contribution in [3.8, 4) is 0 Å². The monoisotopic (exact) mass is 230 g/mol. The third-order valence-corrected chi connectivity index (χ3v) is 3.12. The summed E-state index contributed by atoms with van der Waals surface area (Å²) in [6.07, 6.45) is 4.35. The molecule has 0 amide bonds. The highest BCUT2D eigenvalue weighted by Crippen LogP contribution is 2.21. The molecule has 16 heavy (non-hydrogen) atoms. The maximum atomic E-state index is 9.17. The number of aliphatic hydroxyl groups excluding tert-OH is 1. The van der Waals surface area contributed by atoms with Gasteiger partial charge in [-0.15, -0.1) is 0 Å². The van der Waals surface area contributed by atoms with Gasteiger partial charge in [-0.2, -0.15) is 0 Å². The highest BCUT2D eigenvalue weighted by molar-refractivity contribution is 4.69. The van der Waals surface area contributed by atoms with Crippen molar-refractivity contribution in [2.24, 2.45) is 11.1 Å². The number of hydrogen-bond donors (Lipinski definition) is 2. The fourth-order valence-electron chi connectivity index (χ4n) is 1.61. The smallest absolute Gasteiger partial charge is 0.0524 e. The lowest BCUT2D eigenvalue weighted by atomic mass is 9.87. The van der Waals surface area contributed by atoms with Crippen LogP contribution >= 0.6 is 0 Å². The van der Waals surface area contributed by atoms with Gasteiger partial charge in [0.15, 0.2) is 0 Å². The van der Waals surface area contributed by atoms with Crippen molar-refractivity contribution in [1.29, 1.82) is 0 Å². The molecule has 1 unspecified atom stereocenters. The standard InChI is InChI=1S/C13H30N2O/c1-12(16)7-10-15(4)9-6-5-8-13(2,3)11-14/h12,16H,5-11,14H2,1-4H3. The molecule has 3 nitrogen and oxygen atoms in total. The van der Waals surface area contributed by atoms with Crippen molar-refractivity contribution in [3.05, 3.63) is 0 Å². The van der Waals surface area contributed by atoms with Crippen molar-refractivity contribution in [2.75, 3.05) is 26.7 Å². The van der Waals surface area contributed by atoms with Gasteiger partial charge in [0, 0.05) is 6.54 Å². The minimum Gasteiger partial charge on any atom is -0.393 e. The first-order valence-corrected chi connectivity index (χ1v) is 6.44. The highest BCUT2D eigenvalue weighted by Gasteiger charge is 2.14. The molecule has 0 rings (SSSR count). The summed E-state index contributed by atoms with van der Waals surface area (Å²) in [5, 5.41) is 9.17. The molecule has 0 radical (unpaired) electrons. The lowest BCUT2D eigenvalue weighted by Crippen LogP contribution is -2.25. The quantitative estimate of drug-likeness (QED) is 0.594. The topological polar surface area (TPSA) is 49.5 Å². The van der Waals surface area contributed by atoms with Crippen LogP contribution in [0.25, 0.3) is 0 Å². The lowest BCUT2D eigenvalue weighted by molar-refractivity contribution is 0.163. The molecule has 3 N–H and O–H groups in total. The molecule has 0 heterocycles. The normalized spacial score (nSPS) is 14.4. The number of hydrogen-bond acceptors (Lipinski definition) is 3. The van der Waals surface area contributed by atoms with Crippen LogP contribution in [-0.2, 0) is 0 Å². The van der Waals surface area contributed by atoms with Crippen molar-refractivity contribution >= 4 is 0 Å². The minimum absolute atomic E-state index is 0.182. The lowest BCUT2D eigenvalue weighted by Gasteiger charge is -2.23. The Morgan fingerprint density at radius 2 is 1.88 bits per heavy atom. The van der Waals surface area contributed by atoms with E-state index in [1.165, 1.54) is 19.3 Å². The summed E-state index contributed by atoms with van der Waals surface area (Å²) in [6.45, 7) is 9.17. The molecule has 3 heteroatoms. The van der Waals surface area contributed by atoms with Crippen molar-refractivity contribution < 1.29 is 5.11 Å². The molecule has 0 aliphatic heterocycles. The number of rotatable bonds is 9. The molecule has 0 saturated heterocycles. The first-order valence-electron chi connectivity index (χ1n) is 6.44. The molecule has 0 aromatic carbocycles. The molecule has 0 spiro atoms. The Morgan fingerprint density at radius 1 is 1.25 bits per heavy atom. The number of nitrogens with two attached hydrogens (primary N) is 1. The summed E-state index contributed by atoms with van der Waals surface area (Å²) in [5.74, 6) is 0. The Labute approximate surface area is 101 Å². The van der Waals surface area contributed by atoms with E-state index in [2.05, 4.69) is 25.8 Å². The Morgan fingerprint density at radius 3 is 2.38 bits per heavy atom. The maximum Gasteiger partial charge on any atom is 0.0524 e. The molecule has 0 saturated carbocycles. The zero-order valence-corrected chi connectivity index (χ0v) is 11.5. The number of nitrogens with zero attached hydrogens (tertiary/aromatic N) is 1. The van der Waals surface area contributed by atoms with E-state index in [-0.39, 0.29) is 11.5 Å². The van der Waals surface area contributed by atoms with Crippen LogP contribution in [-0.4, -0.2) is 42.8 Å². The van der Waals surface area contributed by atoms with Crippen LogP contribution in [0, 0.1) is 5.41 Å². The first kappa shape index (κ1) is 15.9. The van der Waals surface area contributed by atoms with Gasteiger partial charge in [0.1, 0.15) is 0 Å². The first-order chi connectivity index (χ1) is 7.37. The Bertz CT molecular complexity index is 169. The molecule has 98 valence electrons. The zero-order valence-electron chi connectivity index (χ0n) is 11.5. The maximum absolute atomic E-state index is 9.17. The molecule has 1 atom stereocenters. The van der Waals surface area contributed by atoms with Crippen LogP contribution in [0.5, 0.6) is 0 Å². The largest absolute Gasteiger partial charge is 0.393 e. The van der Waals surface area contributed by atoms with Gasteiger partial charge in [-0.1, -0.05) is 20.3 Å². The van der Waals surface area contributed by atoms with E-state index in [1.807, 2.05) is 6.92 Å². The van der Waals surface area contributed by atoms with Crippen molar-refractivity contribution in [3.63, 3.8) is 0 Å². The molecule has 0 bridgehead atoms. The molecule has 0 aromatic heterocycles. The van der Waals surface area contributed by atoms with Gasteiger partial charge in [-0.25, -0.2) is 0 Å². The second-order valence-electron chi connectivity index (χ2n) is 5.77. The minimum atomic E-state index is -0.182. The van der Waals surface area contributed by atoms with E-state index >= 15 is 0 Å². The third kappa shape index (κ3) is 9.13. The predicted molar refractivity (Wildman–Crippen MR) is 70.5 cm³/mol. The van der Waals surface area contributed by atoms with Gasteiger partial charge >= 0.3 is 0 Å². The summed E-state index contributed by atoms with van der Waals surface area (Å²) in [7, 11) is 2.12. The molecule has 0 aromatic rings. The third-order valence-electron chi connectivity index (χ3n) is 3.12. The van der Waals surface area contributed by atoms with Gasteiger partial charge in [-0.3, -0.25) is 0 Å². The van der Waals surface area contributed by atoms with E-state index in [0.29, 0.717) is 0 Å². The zero-order chi connectivity index (χ0) is 12.6. The summed E-state index contributed by atoms with van der Waals surface area (Å²) in [5.41, 5.74) is 5.98. The number of aliphatic hydroxyl groups is 1. The van der Waals surface area contributed by atoms with E-state index < -0.39 is 0 Å². The summed E-state index contributed by atoms with van der Waals surface area (Å²) in [6, 6.07) is 0. The van der Waals surface area contributed by atoms with Gasteiger partial charge in [0.25, 0.3) is 0 Å². The summed E-state index contributed by atoms with van der Waals surface area (Å²) in [4.78, 5) is 2.29. The average Bonchev–Trinajstić information content (AvgIpc) is 2.21. The summed E-state index contributed by atoms with van der Waals surface area (Å²) >= 11 is 0. The van der Waals surface area contributed by atoms with Gasteiger partial charge in [0.05, 0.1) is 6.10 Å². The highest BCUT2D eigenvalue weighted by atomic mass is 16.3. The Balaban J connectivity index is 3.44. The SMILES string of the molecule is CC(O)CCN(C)CCCCC(C)(C)CN. The van der Waals surface area contributed by atoms with Crippen molar-refractivity contribution in [1.82, 2.24) is 4.90 Å². The Kier molecular flexibility index (Phi) is 7.98. The summed E-state index contributed by atoms with van der Waals surface area (Å²) < 4.78 is 0. The fourth-order valence-corrected chi connectivity index (χ4v) is 1.61. The van der Waals surface area contributed by atoms with Crippen LogP contribution in [0.1, 0.15) is 46.5 Å². The van der Waals surface area contributed by atoms with E-state index in [4.69, 9.17) is 5.73 Å². The van der Waals surface area contributed by atoms with Crippen LogP contribution in [0.2, 0.25) is 0 Å². The van der Waals surface area contributed by atoms with Gasteiger partial charge in [0.2, 0.25) is 0 Å². The average molecular weight is 230 g/mol. The fraction of sp³-hybridized carbons (Fsp3) is 1.00. The van der Waals surface area contributed by atoms with Crippen LogP contribution in [0.4, 0.5) is 0 Å². The van der Waals surface area contributed by atoms with E-state index in [0.717, 1.165) is 26.1 Å². The van der Waals surface area contributed by atoms with Crippen LogP contribution in [0.15, 0.2) is 0 Å². The van der Waals surface area contributed by atoms with E-state index in [1.54, 1.807) is 0 Å². The molecule has 0 aliphatic carbocycles. The van der Waals surface area contributed by atoms with Gasteiger partial charge < -0.3 is 15.7 Å². The Hall–Kier alpha value is -0.120. The van der Waals surface area contributed by atoms with Crippen LogP contribution in [0.3, 0.4) is 0 Å². The molecule has 0 aliphatic rings.